The van der Waals surface area contributed by atoms with Crippen LogP contribution in [0.2, 0.25) is 0 Å². The second-order valence-corrected chi connectivity index (χ2v) is 8.11. The van der Waals surface area contributed by atoms with E-state index in [9.17, 15) is 0 Å². The molecule has 1 atom stereocenters. The van der Waals surface area contributed by atoms with Gasteiger partial charge < -0.3 is 9.47 Å². The first-order chi connectivity index (χ1) is 11.3. The summed E-state index contributed by atoms with van der Waals surface area (Å²) < 4.78 is 2.02. The lowest BCUT2D eigenvalue weighted by atomic mass is 9.91. The van der Waals surface area contributed by atoms with Gasteiger partial charge >= 0.3 is 0 Å². The zero-order valence-corrected chi connectivity index (χ0v) is 15.6. The molecule has 0 bridgehead atoms. The average Bonchev–Trinajstić information content (AvgIpc) is 3.14. The Kier molecular flexibility index (Phi) is 4.32. The molecule has 6 heteroatoms. The summed E-state index contributed by atoms with van der Waals surface area (Å²) >= 11 is 0. The number of anilines is 1. The van der Waals surface area contributed by atoms with E-state index in [1.807, 2.05) is 11.6 Å². The Morgan fingerprint density at radius 1 is 1.21 bits per heavy atom. The highest BCUT2D eigenvalue weighted by molar-refractivity contribution is 5.43. The fourth-order valence-corrected chi connectivity index (χ4v) is 3.10. The van der Waals surface area contributed by atoms with Crippen LogP contribution in [-0.2, 0) is 12.5 Å². The highest BCUT2D eigenvalue weighted by atomic mass is 15.3. The van der Waals surface area contributed by atoms with Crippen molar-refractivity contribution in [2.45, 2.75) is 58.3 Å². The van der Waals surface area contributed by atoms with Gasteiger partial charge in [0.15, 0.2) is 0 Å². The van der Waals surface area contributed by atoms with Crippen LogP contribution >= 0.6 is 0 Å². The quantitative estimate of drug-likeness (QED) is 0.867. The van der Waals surface area contributed by atoms with E-state index in [4.69, 9.17) is 9.97 Å². The van der Waals surface area contributed by atoms with Crippen LogP contribution in [0.1, 0.15) is 70.2 Å². The molecule has 1 aliphatic heterocycles. The molecule has 0 aliphatic carbocycles. The molecule has 0 N–H and O–H groups in total. The lowest BCUT2D eigenvalue weighted by Gasteiger charge is -2.24. The Labute approximate surface area is 144 Å². The van der Waals surface area contributed by atoms with Gasteiger partial charge in [-0.25, -0.2) is 9.97 Å². The summed E-state index contributed by atoms with van der Waals surface area (Å²) in [5.74, 6) is 3.77. The first-order valence-corrected chi connectivity index (χ1v) is 8.74. The zero-order chi connectivity index (χ0) is 17.5. The van der Waals surface area contributed by atoms with Crippen molar-refractivity contribution >= 4 is 5.82 Å². The molecule has 24 heavy (non-hydrogen) atoms. The molecular formula is C18H28N6. The Morgan fingerprint density at radius 3 is 2.54 bits per heavy atom. The highest BCUT2D eigenvalue weighted by Crippen LogP contribution is 2.31. The molecule has 0 radical (unpaired) electrons. The summed E-state index contributed by atoms with van der Waals surface area (Å²) in [5.41, 5.74) is 1.13. The minimum atomic E-state index is 0.0179. The molecule has 130 valence electrons. The number of nitrogens with zero attached hydrogens (tertiary/aromatic N) is 6. The van der Waals surface area contributed by atoms with Crippen molar-refractivity contribution in [3.63, 3.8) is 0 Å². The molecule has 2 aromatic rings. The van der Waals surface area contributed by atoms with Gasteiger partial charge in [-0.15, -0.1) is 10.2 Å². The van der Waals surface area contributed by atoms with Crippen LogP contribution in [0.3, 0.4) is 0 Å². The van der Waals surface area contributed by atoms with Crippen molar-refractivity contribution in [2.24, 2.45) is 7.05 Å². The lowest BCUT2D eigenvalue weighted by molar-refractivity contribution is 0.557. The van der Waals surface area contributed by atoms with E-state index >= 15 is 0 Å². The molecule has 1 unspecified atom stereocenters. The Balaban J connectivity index is 1.89. The molecule has 1 aliphatic rings. The van der Waals surface area contributed by atoms with Gasteiger partial charge in [-0.2, -0.15) is 0 Å². The molecule has 3 heterocycles. The van der Waals surface area contributed by atoms with E-state index in [0.29, 0.717) is 11.8 Å². The number of aryl methyl sites for hydroxylation is 1. The van der Waals surface area contributed by atoms with Crippen LogP contribution in [0, 0.1) is 0 Å². The molecule has 2 aromatic heterocycles. The van der Waals surface area contributed by atoms with Crippen LogP contribution in [-0.4, -0.2) is 37.8 Å². The summed E-state index contributed by atoms with van der Waals surface area (Å²) in [5, 5.41) is 8.30. The number of hydrogen-bond donors (Lipinski definition) is 0. The minimum Gasteiger partial charge on any atom is -0.356 e. The number of aromatic nitrogens is 5. The van der Waals surface area contributed by atoms with E-state index in [1.165, 1.54) is 0 Å². The number of hydrogen-bond acceptors (Lipinski definition) is 5. The third-order valence-electron chi connectivity index (χ3n) is 4.64. The van der Waals surface area contributed by atoms with Crippen LogP contribution in [0.4, 0.5) is 5.82 Å². The Bertz CT molecular complexity index is 713. The SMILES string of the molecule is CC(C)c1nc(N2CCC(c3nncn3C)C2)cc(C(C)(C)C)n1. The van der Waals surface area contributed by atoms with E-state index in [0.717, 1.165) is 42.7 Å². The normalized spacial score (nSPS) is 18.6. The summed E-state index contributed by atoms with van der Waals surface area (Å²) in [6, 6.07) is 2.16. The molecule has 0 saturated carbocycles. The summed E-state index contributed by atoms with van der Waals surface area (Å²) in [4.78, 5) is 12.0. The predicted molar refractivity (Wildman–Crippen MR) is 95.4 cm³/mol. The van der Waals surface area contributed by atoms with Crippen LogP contribution in [0.25, 0.3) is 0 Å². The Morgan fingerprint density at radius 2 is 1.96 bits per heavy atom. The molecule has 6 nitrogen and oxygen atoms in total. The van der Waals surface area contributed by atoms with Crippen molar-refractivity contribution in [3.8, 4) is 0 Å². The van der Waals surface area contributed by atoms with Crippen LogP contribution in [0.5, 0.6) is 0 Å². The van der Waals surface area contributed by atoms with Gasteiger partial charge in [0, 0.05) is 43.5 Å². The number of rotatable bonds is 3. The van der Waals surface area contributed by atoms with Crippen molar-refractivity contribution in [2.75, 3.05) is 18.0 Å². The fraction of sp³-hybridized carbons (Fsp3) is 0.667. The smallest absolute Gasteiger partial charge is 0.137 e. The van der Waals surface area contributed by atoms with E-state index < -0.39 is 0 Å². The first-order valence-electron chi connectivity index (χ1n) is 8.74. The van der Waals surface area contributed by atoms with Gasteiger partial charge in [-0.1, -0.05) is 34.6 Å². The minimum absolute atomic E-state index is 0.0179. The zero-order valence-electron chi connectivity index (χ0n) is 15.6. The van der Waals surface area contributed by atoms with Crippen molar-refractivity contribution < 1.29 is 0 Å². The topological polar surface area (TPSA) is 59.7 Å². The molecule has 0 spiro atoms. The maximum Gasteiger partial charge on any atom is 0.137 e. The second-order valence-electron chi connectivity index (χ2n) is 8.11. The van der Waals surface area contributed by atoms with Gasteiger partial charge in [-0.3, -0.25) is 0 Å². The third-order valence-corrected chi connectivity index (χ3v) is 4.64. The molecule has 0 aromatic carbocycles. The Hall–Kier alpha value is -1.98. The monoisotopic (exact) mass is 328 g/mol. The predicted octanol–water partition coefficient (Wildman–Crippen LogP) is 3.02. The highest BCUT2D eigenvalue weighted by Gasteiger charge is 2.29. The van der Waals surface area contributed by atoms with E-state index in [1.54, 1.807) is 6.33 Å². The van der Waals surface area contributed by atoms with Crippen molar-refractivity contribution in [1.82, 2.24) is 24.7 Å². The van der Waals surface area contributed by atoms with Gasteiger partial charge in [0.05, 0.1) is 5.69 Å². The van der Waals surface area contributed by atoms with Gasteiger partial charge in [-0.05, 0) is 6.42 Å². The van der Waals surface area contributed by atoms with Crippen molar-refractivity contribution in [3.05, 3.63) is 29.7 Å². The summed E-state index contributed by atoms with van der Waals surface area (Å²) in [6.45, 7) is 12.8. The van der Waals surface area contributed by atoms with Crippen molar-refractivity contribution in [1.29, 1.82) is 0 Å². The first kappa shape index (κ1) is 16.9. The van der Waals surface area contributed by atoms with Gasteiger partial charge in [0.25, 0.3) is 0 Å². The third kappa shape index (κ3) is 3.28. The molecular weight excluding hydrogens is 300 g/mol. The van der Waals surface area contributed by atoms with E-state index in [2.05, 4.69) is 55.8 Å². The fourth-order valence-electron chi connectivity index (χ4n) is 3.10. The molecule has 3 rings (SSSR count). The van der Waals surface area contributed by atoms with Gasteiger partial charge in [0.1, 0.15) is 23.8 Å². The lowest BCUT2D eigenvalue weighted by Crippen LogP contribution is -2.24. The largest absolute Gasteiger partial charge is 0.356 e. The molecule has 1 fully saturated rings. The molecule has 1 saturated heterocycles. The summed E-state index contributed by atoms with van der Waals surface area (Å²) in [7, 11) is 2.01. The van der Waals surface area contributed by atoms with Crippen LogP contribution < -0.4 is 4.90 Å². The summed E-state index contributed by atoms with van der Waals surface area (Å²) in [6.07, 6.45) is 2.86. The maximum atomic E-state index is 4.84. The molecule has 0 amide bonds. The maximum absolute atomic E-state index is 4.84. The second kappa shape index (κ2) is 6.15. The average molecular weight is 328 g/mol. The standard InChI is InChI=1S/C18H28N6/c1-12(2)16-20-14(18(3,4)5)9-15(21-16)24-8-7-13(10-24)17-22-19-11-23(17)6/h9,11-13H,7-8,10H2,1-6H3. The van der Waals surface area contributed by atoms with E-state index in [-0.39, 0.29) is 5.41 Å². The van der Waals surface area contributed by atoms with Gasteiger partial charge in [0.2, 0.25) is 0 Å². The van der Waals surface area contributed by atoms with Crippen LogP contribution in [0.15, 0.2) is 12.4 Å².